The number of nitrogens with one attached hydrogen (secondary N) is 1. The van der Waals surface area contributed by atoms with Gasteiger partial charge in [0.15, 0.2) is 5.69 Å². The van der Waals surface area contributed by atoms with Gasteiger partial charge in [-0.05, 0) is 12.5 Å². The van der Waals surface area contributed by atoms with E-state index < -0.39 is 5.97 Å². The summed E-state index contributed by atoms with van der Waals surface area (Å²) < 4.78 is 10.0. The maximum Gasteiger partial charge on any atom is 0.357 e. The molecule has 0 unspecified atom stereocenters. The lowest BCUT2D eigenvalue weighted by molar-refractivity contribution is 0.0520. The lowest BCUT2D eigenvalue weighted by Gasteiger charge is -2.21. The van der Waals surface area contributed by atoms with Crippen molar-refractivity contribution in [2.75, 3.05) is 26.9 Å². The van der Waals surface area contributed by atoms with Crippen LogP contribution in [0.15, 0.2) is 35.7 Å². The highest BCUT2D eigenvalue weighted by Crippen LogP contribution is 2.14. The minimum absolute atomic E-state index is 0.209. The molecular formula is C18H23N3O4S. The number of aromatic nitrogens is 1. The summed E-state index contributed by atoms with van der Waals surface area (Å²) in [7, 11) is 1.59. The van der Waals surface area contributed by atoms with Crippen LogP contribution >= 0.6 is 11.3 Å². The van der Waals surface area contributed by atoms with Crippen LogP contribution < -0.4 is 5.32 Å². The van der Waals surface area contributed by atoms with Gasteiger partial charge in [-0.1, -0.05) is 30.3 Å². The van der Waals surface area contributed by atoms with Crippen LogP contribution in [-0.4, -0.2) is 48.8 Å². The van der Waals surface area contributed by atoms with Crippen molar-refractivity contribution in [3.8, 4) is 0 Å². The molecule has 1 aromatic heterocycles. The smallest absolute Gasteiger partial charge is 0.357 e. The summed E-state index contributed by atoms with van der Waals surface area (Å²) >= 11 is 1.32. The number of urea groups is 1. The number of carbonyl (C=O) groups excluding carboxylic acids is 2. The fourth-order valence-corrected chi connectivity index (χ4v) is 2.96. The van der Waals surface area contributed by atoms with Crippen molar-refractivity contribution in [1.29, 1.82) is 0 Å². The van der Waals surface area contributed by atoms with Crippen LogP contribution in [0.1, 0.15) is 28.0 Å². The topological polar surface area (TPSA) is 80.8 Å². The van der Waals surface area contributed by atoms with Gasteiger partial charge in [0.25, 0.3) is 0 Å². The third-order valence-corrected chi connectivity index (χ3v) is 4.34. The number of thiazole rings is 1. The minimum Gasteiger partial charge on any atom is -0.461 e. The second-order valence-electron chi connectivity index (χ2n) is 5.41. The monoisotopic (exact) mass is 377 g/mol. The Kier molecular flexibility index (Phi) is 8.04. The lowest BCUT2D eigenvalue weighted by Crippen LogP contribution is -2.40. The summed E-state index contributed by atoms with van der Waals surface area (Å²) in [4.78, 5) is 30.1. The number of nitrogens with zero attached hydrogens (tertiary/aromatic N) is 2. The van der Waals surface area contributed by atoms with Crippen molar-refractivity contribution in [3.05, 3.63) is 52.0 Å². The summed E-state index contributed by atoms with van der Waals surface area (Å²) in [6.45, 7) is 3.62. The second kappa shape index (κ2) is 10.5. The van der Waals surface area contributed by atoms with Gasteiger partial charge in [0.1, 0.15) is 5.01 Å². The number of benzene rings is 1. The second-order valence-corrected chi connectivity index (χ2v) is 6.35. The van der Waals surface area contributed by atoms with Gasteiger partial charge in [-0.2, -0.15) is 0 Å². The molecule has 0 fully saturated rings. The van der Waals surface area contributed by atoms with Gasteiger partial charge in [0, 0.05) is 25.6 Å². The number of ether oxygens (including phenoxy) is 2. The Morgan fingerprint density at radius 2 is 2.04 bits per heavy atom. The zero-order valence-electron chi connectivity index (χ0n) is 14.9. The molecule has 0 spiro atoms. The van der Waals surface area contributed by atoms with E-state index in [1.165, 1.54) is 11.3 Å². The standard InChI is InChI=1S/C18H23N3O4S/c1-3-25-17(22)15-13-26-16(20-15)12-21(9-10-24-2)18(23)19-11-14-7-5-4-6-8-14/h4-8,13H,3,9-12H2,1-2H3,(H,19,23). The van der Waals surface area contributed by atoms with E-state index in [2.05, 4.69) is 10.3 Å². The molecule has 1 N–H and O–H groups in total. The van der Waals surface area contributed by atoms with Crippen molar-refractivity contribution < 1.29 is 19.1 Å². The summed E-state index contributed by atoms with van der Waals surface area (Å²) in [6.07, 6.45) is 0. The molecule has 26 heavy (non-hydrogen) atoms. The first-order chi connectivity index (χ1) is 12.6. The molecule has 2 amide bonds. The molecular weight excluding hydrogens is 354 g/mol. The van der Waals surface area contributed by atoms with E-state index in [1.54, 1.807) is 24.3 Å². The molecule has 0 aliphatic carbocycles. The predicted octanol–water partition coefficient (Wildman–Crippen LogP) is 2.68. The molecule has 8 heteroatoms. The maximum atomic E-state index is 12.5. The van der Waals surface area contributed by atoms with E-state index >= 15 is 0 Å². The highest BCUT2D eigenvalue weighted by Gasteiger charge is 2.17. The normalized spacial score (nSPS) is 10.4. The highest BCUT2D eigenvalue weighted by molar-refractivity contribution is 7.09. The first-order valence-electron chi connectivity index (χ1n) is 8.31. The van der Waals surface area contributed by atoms with Crippen molar-refractivity contribution in [1.82, 2.24) is 15.2 Å². The first kappa shape index (κ1) is 19.9. The van der Waals surface area contributed by atoms with Gasteiger partial charge in [0.05, 0.1) is 19.8 Å². The lowest BCUT2D eigenvalue weighted by atomic mass is 10.2. The maximum absolute atomic E-state index is 12.5. The van der Waals surface area contributed by atoms with Gasteiger partial charge in [-0.3, -0.25) is 0 Å². The molecule has 2 aromatic rings. The number of esters is 1. The Hall–Kier alpha value is -2.45. The molecule has 0 saturated carbocycles. The Morgan fingerprint density at radius 1 is 1.27 bits per heavy atom. The zero-order valence-corrected chi connectivity index (χ0v) is 15.8. The molecule has 1 heterocycles. The molecule has 7 nitrogen and oxygen atoms in total. The number of carbonyl (C=O) groups is 2. The predicted molar refractivity (Wildman–Crippen MR) is 99.0 cm³/mol. The summed E-state index contributed by atoms with van der Waals surface area (Å²) in [5.41, 5.74) is 1.29. The third-order valence-electron chi connectivity index (χ3n) is 3.50. The van der Waals surface area contributed by atoms with Crippen LogP contribution in [0.4, 0.5) is 4.79 Å². The number of hydrogen-bond donors (Lipinski definition) is 1. The number of methoxy groups -OCH3 is 1. The van der Waals surface area contributed by atoms with Crippen LogP contribution in [0.2, 0.25) is 0 Å². The van der Waals surface area contributed by atoms with Crippen molar-refractivity contribution >= 4 is 23.3 Å². The molecule has 140 valence electrons. The van der Waals surface area contributed by atoms with Gasteiger partial charge >= 0.3 is 12.0 Å². The minimum atomic E-state index is -0.452. The van der Waals surface area contributed by atoms with Crippen LogP contribution in [0, 0.1) is 0 Å². The fraction of sp³-hybridized carbons (Fsp3) is 0.389. The Balaban J connectivity index is 1.97. The molecule has 0 radical (unpaired) electrons. The molecule has 2 rings (SSSR count). The summed E-state index contributed by atoms with van der Waals surface area (Å²) in [6, 6.07) is 9.48. The zero-order chi connectivity index (χ0) is 18.8. The van der Waals surface area contributed by atoms with E-state index in [-0.39, 0.29) is 11.7 Å². The van der Waals surface area contributed by atoms with Crippen LogP contribution in [0.25, 0.3) is 0 Å². The highest BCUT2D eigenvalue weighted by atomic mass is 32.1. The number of hydrogen-bond acceptors (Lipinski definition) is 6. The van der Waals surface area contributed by atoms with E-state index in [0.717, 1.165) is 5.56 Å². The van der Waals surface area contributed by atoms with E-state index in [1.807, 2.05) is 30.3 Å². The van der Waals surface area contributed by atoms with E-state index in [4.69, 9.17) is 9.47 Å². The number of rotatable bonds is 9. The van der Waals surface area contributed by atoms with Crippen LogP contribution in [0.5, 0.6) is 0 Å². The number of amides is 2. The van der Waals surface area contributed by atoms with Gasteiger partial charge in [-0.15, -0.1) is 11.3 Å². The quantitative estimate of drug-likeness (QED) is 0.680. The summed E-state index contributed by atoms with van der Waals surface area (Å²) in [5, 5.41) is 5.20. The van der Waals surface area contributed by atoms with Crippen molar-refractivity contribution in [2.45, 2.75) is 20.0 Å². The van der Waals surface area contributed by atoms with Gasteiger partial charge in [-0.25, -0.2) is 14.6 Å². The third kappa shape index (κ3) is 6.12. The molecule has 0 aliphatic rings. The fourth-order valence-electron chi connectivity index (χ4n) is 2.18. The summed E-state index contributed by atoms with van der Waals surface area (Å²) in [5.74, 6) is -0.452. The van der Waals surface area contributed by atoms with E-state index in [0.29, 0.717) is 37.9 Å². The average molecular weight is 377 g/mol. The molecule has 0 aliphatic heterocycles. The molecule has 0 atom stereocenters. The van der Waals surface area contributed by atoms with Crippen LogP contribution in [0.3, 0.4) is 0 Å². The van der Waals surface area contributed by atoms with Gasteiger partial charge in [0.2, 0.25) is 0 Å². The van der Waals surface area contributed by atoms with Crippen molar-refractivity contribution in [3.63, 3.8) is 0 Å². The molecule has 0 saturated heterocycles. The Bertz CT molecular complexity index is 705. The van der Waals surface area contributed by atoms with Crippen LogP contribution in [-0.2, 0) is 22.6 Å². The average Bonchev–Trinajstić information content (AvgIpc) is 3.13. The van der Waals surface area contributed by atoms with Gasteiger partial charge < -0.3 is 19.7 Å². The Morgan fingerprint density at radius 3 is 2.73 bits per heavy atom. The Labute approximate surface area is 156 Å². The molecule has 1 aromatic carbocycles. The molecule has 0 bridgehead atoms. The van der Waals surface area contributed by atoms with Crippen molar-refractivity contribution in [2.24, 2.45) is 0 Å². The largest absolute Gasteiger partial charge is 0.461 e. The van der Waals surface area contributed by atoms with E-state index in [9.17, 15) is 9.59 Å². The SMILES string of the molecule is CCOC(=O)c1csc(CN(CCOC)C(=O)NCc2ccccc2)n1. The first-order valence-corrected chi connectivity index (χ1v) is 9.19.